The Morgan fingerprint density at radius 2 is 2.14 bits per heavy atom. The first-order valence-electron chi connectivity index (χ1n) is 10.2. The number of rotatable bonds is 8. The fourth-order valence-corrected chi connectivity index (χ4v) is 6.39. The molecule has 3 aromatic heterocycles. The van der Waals surface area contributed by atoms with Crippen molar-refractivity contribution in [1.82, 2.24) is 14.5 Å². The molecule has 4 rings (SSSR count). The number of carbonyl (C=O) groups is 1. The Bertz CT molecular complexity index is 1070. The number of thioether (sulfide) groups is 1. The predicted octanol–water partition coefficient (Wildman–Crippen LogP) is 4.78. The summed E-state index contributed by atoms with van der Waals surface area (Å²) in [6.07, 6.45) is 4.27. The number of hydrogen-bond donors (Lipinski definition) is 0. The van der Waals surface area contributed by atoms with Crippen molar-refractivity contribution in [3.8, 4) is 0 Å². The standard InChI is InChI=1S/C22H27N3O2S2/c1-5-19-23-21(20-15-7-6-8-18(15)29-22(20)24-19)28-12-17(26)16-11-13(2)25(14(16)3)9-10-27-4/h11H,5-10,12H2,1-4H3. The molecule has 0 amide bonds. The molecule has 3 aromatic rings. The van der Waals surface area contributed by atoms with Gasteiger partial charge in [-0.3, -0.25) is 4.79 Å². The fourth-order valence-electron chi connectivity index (χ4n) is 4.09. The average molecular weight is 430 g/mol. The number of thiophene rings is 1. The van der Waals surface area contributed by atoms with Crippen LogP contribution in [0.15, 0.2) is 11.1 Å². The predicted molar refractivity (Wildman–Crippen MR) is 120 cm³/mol. The molecular formula is C22H27N3O2S2. The van der Waals surface area contributed by atoms with Crippen LogP contribution in [0, 0.1) is 13.8 Å². The van der Waals surface area contributed by atoms with Crippen molar-refractivity contribution in [2.45, 2.75) is 58.0 Å². The number of aromatic nitrogens is 3. The summed E-state index contributed by atoms with van der Waals surface area (Å²) in [5.41, 5.74) is 4.34. The molecule has 0 radical (unpaired) electrons. The zero-order chi connectivity index (χ0) is 20.5. The van der Waals surface area contributed by atoms with Gasteiger partial charge >= 0.3 is 0 Å². The minimum Gasteiger partial charge on any atom is -0.383 e. The van der Waals surface area contributed by atoms with Crippen molar-refractivity contribution in [2.24, 2.45) is 0 Å². The zero-order valence-corrected chi connectivity index (χ0v) is 19.1. The number of aryl methyl sites for hydroxylation is 4. The molecule has 5 nitrogen and oxygen atoms in total. The van der Waals surface area contributed by atoms with E-state index in [4.69, 9.17) is 14.7 Å². The van der Waals surface area contributed by atoms with E-state index in [0.717, 1.165) is 58.4 Å². The topological polar surface area (TPSA) is 57.0 Å². The number of methoxy groups -OCH3 is 1. The monoisotopic (exact) mass is 429 g/mol. The Morgan fingerprint density at radius 1 is 1.31 bits per heavy atom. The van der Waals surface area contributed by atoms with Gasteiger partial charge < -0.3 is 9.30 Å². The Balaban J connectivity index is 1.59. The number of hydrogen-bond acceptors (Lipinski definition) is 6. The van der Waals surface area contributed by atoms with E-state index in [1.54, 1.807) is 18.9 Å². The van der Waals surface area contributed by atoms with Crippen molar-refractivity contribution in [2.75, 3.05) is 19.5 Å². The maximum atomic E-state index is 13.0. The number of Topliss-reactive ketones (excluding diaryl/α,β-unsaturated/α-hetero) is 1. The highest BCUT2D eigenvalue weighted by atomic mass is 32.2. The summed E-state index contributed by atoms with van der Waals surface area (Å²) in [5, 5.41) is 2.18. The van der Waals surface area contributed by atoms with Crippen LogP contribution < -0.4 is 0 Å². The molecule has 0 spiro atoms. The molecule has 0 aliphatic heterocycles. The third kappa shape index (κ3) is 3.88. The van der Waals surface area contributed by atoms with E-state index in [9.17, 15) is 4.79 Å². The van der Waals surface area contributed by atoms with Crippen LogP contribution in [0.2, 0.25) is 0 Å². The molecule has 1 aliphatic carbocycles. The molecule has 0 bridgehead atoms. The molecule has 0 atom stereocenters. The van der Waals surface area contributed by atoms with Crippen molar-refractivity contribution >= 4 is 39.1 Å². The van der Waals surface area contributed by atoms with E-state index in [1.807, 2.05) is 31.3 Å². The molecular weight excluding hydrogens is 402 g/mol. The van der Waals surface area contributed by atoms with Crippen molar-refractivity contribution in [3.63, 3.8) is 0 Å². The second-order valence-corrected chi connectivity index (χ2v) is 9.52. The van der Waals surface area contributed by atoms with Gasteiger partial charge in [0.15, 0.2) is 5.78 Å². The maximum absolute atomic E-state index is 13.0. The van der Waals surface area contributed by atoms with E-state index in [1.165, 1.54) is 22.2 Å². The van der Waals surface area contributed by atoms with Gasteiger partial charge in [-0.25, -0.2) is 9.97 Å². The SMILES string of the molecule is CCc1nc(SCC(=O)c2cc(C)n(CCOC)c2C)c2c3c(sc2n1)CCC3. The second-order valence-electron chi connectivity index (χ2n) is 7.48. The third-order valence-corrected chi connectivity index (χ3v) is 7.79. The van der Waals surface area contributed by atoms with E-state index < -0.39 is 0 Å². The second kappa shape index (κ2) is 8.58. The fraction of sp³-hybridized carbons (Fsp3) is 0.500. The first-order valence-corrected chi connectivity index (χ1v) is 12.0. The molecule has 0 saturated heterocycles. The van der Waals surface area contributed by atoms with Gasteiger partial charge in [-0.2, -0.15) is 0 Å². The van der Waals surface area contributed by atoms with Crippen LogP contribution in [0.1, 0.15) is 51.4 Å². The highest BCUT2D eigenvalue weighted by Gasteiger charge is 2.23. The summed E-state index contributed by atoms with van der Waals surface area (Å²) >= 11 is 3.38. The molecule has 0 aromatic carbocycles. The van der Waals surface area contributed by atoms with Crippen molar-refractivity contribution < 1.29 is 9.53 Å². The molecule has 0 unspecified atom stereocenters. The van der Waals surface area contributed by atoms with E-state index >= 15 is 0 Å². The van der Waals surface area contributed by atoms with E-state index in [-0.39, 0.29) is 5.78 Å². The van der Waals surface area contributed by atoms with Gasteiger partial charge in [-0.15, -0.1) is 11.3 Å². The first kappa shape index (κ1) is 20.6. The Kier molecular flexibility index (Phi) is 6.08. The van der Waals surface area contributed by atoms with Crippen LogP contribution in [0.4, 0.5) is 0 Å². The molecule has 0 saturated carbocycles. The highest BCUT2D eigenvalue weighted by Crippen LogP contribution is 2.40. The summed E-state index contributed by atoms with van der Waals surface area (Å²) in [6, 6.07) is 2.00. The molecule has 154 valence electrons. The van der Waals surface area contributed by atoms with Crippen LogP contribution in [0.25, 0.3) is 10.2 Å². The zero-order valence-electron chi connectivity index (χ0n) is 17.5. The summed E-state index contributed by atoms with van der Waals surface area (Å²) in [6.45, 7) is 7.55. The number of carbonyl (C=O) groups excluding carboxylic acids is 1. The van der Waals surface area contributed by atoms with Crippen molar-refractivity contribution in [1.29, 1.82) is 0 Å². The Labute approximate surface area is 179 Å². The van der Waals surface area contributed by atoms with E-state index in [0.29, 0.717) is 12.4 Å². The lowest BCUT2D eigenvalue weighted by molar-refractivity contribution is 0.102. The lowest BCUT2D eigenvalue weighted by Crippen LogP contribution is -2.10. The van der Waals surface area contributed by atoms with Gasteiger partial charge in [0.2, 0.25) is 0 Å². The van der Waals surface area contributed by atoms with Crippen LogP contribution >= 0.6 is 23.1 Å². The maximum Gasteiger partial charge on any atom is 0.174 e. The number of ether oxygens (including phenoxy) is 1. The highest BCUT2D eigenvalue weighted by molar-refractivity contribution is 8.00. The first-order chi connectivity index (χ1) is 14.0. The summed E-state index contributed by atoms with van der Waals surface area (Å²) < 4.78 is 7.36. The Morgan fingerprint density at radius 3 is 2.90 bits per heavy atom. The van der Waals surface area contributed by atoms with E-state index in [2.05, 4.69) is 11.5 Å². The summed E-state index contributed by atoms with van der Waals surface area (Å²) in [5.74, 6) is 1.42. The number of fused-ring (bicyclic) bond motifs is 3. The lowest BCUT2D eigenvalue weighted by atomic mass is 10.2. The molecule has 29 heavy (non-hydrogen) atoms. The van der Waals surface area contributed by atoms with Gasteiger partial charge in [0.25, 0.3) is 0 Å². The lowest BCUT2D eigenvalue weighted by Gasteiger charge is -2.09. The third-order valence-electron chi connectivity index (χ3n) is 5.63. The van der Waals surface area contributed by atoms with Gasteiger partial charge in [-0.05, 0) is 44.7 Å². The van der Waals surface area contributed by atoms with Gasteiger partial charge in [0.1, 0.15) is 15.7 Å². The molecule has 3 heterocycles. The minimum atomic E-state index is 0.156. The Hall–Kier alpha value is -1.70. The average Bonchev–Trinajstić information content (AvgIpc) is 3.37. The van der Waals surface area contributed by atoms with Crippen LogP contribution in [0.3, 0.4) is 0 Å². The minimum absolute atomic E-state index is 0.156. The molecule has 0 fully saturated rings. The van der Waals surface area contributed by atoms with Crippen LogP contribution in [-0.4, -0.2) is 39.8 Å². The van der Waals surface area contributed by atoms with Crippen LogP contribution in [0.5, 0.6) is 0 Å². The smallest absolute Gasteiger partial charge is 0.174 e. The molecule has 1 aliphatic rings. The summed E-state index contributed by atoms with van der Waals surface area (Å²) in [7, 11) is 1.70. The van der Waals surface area contributed by atoms with Gasteiger partial charge in [0, 0.05) is 47.3 Å². The number of ketones is 1. The quantitative estimate of drug-likeness (QED) is 0.293. The molecule has 0 N–H and O–H groups in total. The van der Waals surface area contributed by atoms with Gasteiger partial charge in [0.05, 0.1) is 12.4 Å². The molecule has 7 heteroatoms. The van der Waals surface area contributed by atoms with Crippen LogP contribution in [-0.2, 0) is 30.5 Å². The van der Waals surface area contributed by atoms with Gasteiger partial charge in [-0.1, -0.05) is 18.7 Å². The normalized spacial score (nSPS) is 13.4. The van der Waals surface area contributed by atoms with Crippen molar-refractivity contribution in [3.05, 3.63) is 39.3 Å². The largest absolute Gasteiger partial charge is 0.383 e. The summed E-state index contributed by atoms with van der Waals surface area (Å²) in [4.78, 5) is 25.1. The number of nitrogens with zero attached hydrogens (tertiary/aromatic N) is 3.